The zero-order valence-electron chi connectivity index (χ0n) is 10.0. The van der Waals surface area contributed by atoms with Crippen LogP contribution in [0.4, 0.5) is 8.78 Å². The van der Waals surface area contributed by atoms with Crippen LogP contribution in [0.25, 0.3) is 0 Å². The van der Waals surface area contributed by atoms with Gasteiger partial charge in [-0.1, -0.05) is 24.3 Å². The number of nitrogens with one attached hydrogen (secondary N) is 1. The van der Waals surface area contributed by atoms with Gasteiger partial charge in [-0.2, -0.15) is 0 Å². The summed E-state index contributed by atoms with van der Waals surface area (Å²) in [6.45, 7) is 1.28. The van der Waals surface area contributed by atoms with Crippen LogP contribution in [0.15, 0.2) is 24.3 Å². The molecule has 1 aromatic rings. The van der Waals surface area contributed by atoms with Crippen LogP contribution in [0.3, 0.4) is 0 Å². The Labute approximate surface area is 104 Å². The van der Waals surface area contributed by atoms with Crippen molar-refractivity contribution in [2.75, 3.05) is 6.61 Å². The first-order valence-corrected chi connectivity index (χ1v) is 5.49. The highest BCUT2D eigenvalue weighted by molar-refractivity contribution is 5.82. The molecule has 0 heterocycles. The number of nitrogens with two attached hydrogens (primary N) is 1. The standard InChI is InChI=1S/C12H16F2N2O2/c1-8(12(17)16-15)10-4-2-9(3-5-10)6-18-7-11(13)14/h2-5,8,11H,6-7,15H2,1H3,(H,16,17). The summed E-state index contributed by atoms with van der Waals surface area (Å²) in [7, 11) is 0. The van der Waals surface area contributed by atoms with E-state index in [1.807, 2.05) is 0 Å². The lowest BCUT2D eigenvalue weighted by Gasteiger charge is -2.10. The van der Waals surface area contributed by atoms with Gasteiger partial charge in [-0.05, 0) is 18.1 Å². The molecule has 0 fully saturated rings. The summed E-state index contributed by atoms with van der Waals surface area (Å²) in [5.74, 6) is 4.41. The SMILES string of the molecule is CC(C(=O)NN)c1ccc(COCC(F)F)cc1. The Morgan fingerprint density at radius 1 is 1.39 bits per heavy atom. The highest BCUT2D eigenvalue weighted by Crippen LogP contribution is 2.16. The summed E-state index contributed by atoms with van der Waals surface area (Å²) >= 11 is 0. The molecule has 0 saturated heterocycles. The van der Waals surface area contributed by atoms with Gasteiger partial charge >= 0.3 is 0 Å². The van der Waals surface area contributed by atoms with Gasteiger partial charge in [-0.25, -0.2) is 14.6 Å². The number of hydrazine groups is 1. The molecular weight excluding hydrogens is 242 g/mol. The molecule has 0 saturated carbocycles. The summed E-state index contributed by atoms with van der Waals surface area (Å²) in [5, 5.41) is 0. The smallest absolute Gasteiger partial charge is 0.261 e. The first-order valence-electron chi connectivity index (χ1n) is 5.49. The predicted molar refractivity (Wildman–Crippen MR) is 62.8 cm³/mol. The Hall–Kier alpha value is -1.53. The molecular formula is C12H16F2N2O2. The van der Waals surface area contributed by atoms with E-state index in [1.54, 1.807) is 31.2 Å². The maximum absolute atomic E-state index is 11.9. The molecule has 100 valence electrons. The second-order valence-corrected chi connectivity index (χ2v) is 3.88. The van der Waals surface area contributed by atoms with E-state index in [0.29, 0.717) is 0 Å². The van der Waals surface area contributed by atoms with Crippen molar-refractivity contribution in [3.8, 4) is 0 Å². The quantitative estimate of drug-likeness (QED) is 0.462. The fourth-order valence-electron chi connectivity index (χ4n) is 1.44. The van der Waals surface area contributed by atoms with Crippen molar-refractivity contribution in [1.82, 2.24) is 5.43 Å². The Morgan fingerprint density at radius 2 is 2.00 bits per heavy atom. The third-order valence-electron chi connectivity index (χ3n) is 2.53. The van der Waals surface area contributed by atoms with Gasteiger partial charge in [0.2, 0.25) is 5.91 Å². The van der Waals surface area contributed by atoms with Crippen molar-refractivity contribution in [2.24, 2.45) is 5.84 Å². The topological polar surface area (TPSA) is 64.4 Å². The average Bonchev–Trinajstić information content (AvgIpc) is 2.37. The molecule has 0 aliphatic heterocycles. The minimum Gasteiger partial charge on any atom is -0.371 e. The first-order chi connectivity index (χ1) is 8.54. The molecule has 0 bridgehead atoms. The van der Waals surface area contributed by atoms with Crippen molar-refractivity contribution in [3.63, 3.8) is 0 Å². The second-order valence-electron chi connectivity index (χ2n) is 3.88. The van der Waals surface area contributed by atoms with Gasteiger partial charge in [-0.3, -0.25) is 10.2 Å². The molecule has 1 unspecified atom stereocenters. The Morgan fingerprint density at radius 3 is 2.50 bits per heavy atom. The van der Waals surface area contributed by atoms with Crippen molar-refractivity contribution in [2.45, 2.75) is 25.9 Å². The van der Waals surface area contributed by atoms with E-state index in [9.17, 15) is 13.6 Å². The zero-order valence-corrected chi connectivity index (χ0v) is 10.0. The van der Waals surface area contributed by atoms with Crippen LogP contribution in [-0.2, 0) is 16.1 Å². The number of amides is 1. The fraction of sp³-hybridized carbons (Fsp3) is 0.417. The summed E-state index contributed by atoms with van der Waals surface area (Å²) in [4.78, 5) is 11.3. The molecule has 0 aromatic heterocycles. The number of alkyl halides is 2. The van der Waals surface area contributed by atoms with Crippen molar-refractivity contribution in [1.29, 1.82) is 0 Å². The van der Waals surface area contributed by atoms with Crippen molar-refractivity contribution in [3.05, 3.63) is 35.4 Å². The lowest BCUT2D eigenvalue weighted by molar-refractivity contribution is -0.122. The first kappa shape index (κ1) is 14.5. The molecule has 0 spiro atoms. The lowest BCUT2D eigenvalue weighted by atomic mass is 9.99. The van der Waals surface area contributed by atoms with Crippen molar-refractivity contribution < 1.29 is 18.3 Å². The van der Waals surface area contributed by atoms with Crippen LogP contribution in [-0.4, -0.2) is 18.9 Å². The number of rotatable bonds is 6. The number of benzene rings is 1. The summed E-state index contributed by atoms with van der Waals surface area (Å²) < 4.78 is 28.5. The number of carbonyl (C=O) groups excluding carboxylic acids is 1. The summed E-state index contributed by atoms with van der Waals surface area (Å²) in [6.07, 6.45) is -2.46. The van der Waals surface area contributed by atoms with Gasteiger partial charge in [0.1, 0.15) is 6.61 Å². The molecule has 1 aromatic carbocycles. The van der Waals surface area contributed by atoms with Crippen LogP contribution >= 0.6 is 0 Å². The average molecular weight is 258 g/mol. The van der Waals surface area contributed by atoms with Gasteiger partial charge in [-0.15, -0.1) is 0 Å². The normalized spacial score (nSPS) is 12.5. The molecule has 4 nitrogen and oxygen atoms in total. The Balaban J connectivity index is 2.54. The molecule has 1 amide bonds. The van der Waals surface area contributed by atoms with Gasteiger partial charge in [0.25, 0.3) is 6.43 Å². The minimum absolute atomic E-state index is 0.127. The number of ether oxygens (including phenoxy) is 1. The molecule has 6 heteroatoms. The summed E-state index contributed by atoms with van der Waals surface area (Å²) in [5.41, 5.74) is 3.66. The highest BCUT2D eigenvalue weighted by atomic mass is 19.3. The monoisotopic (exact) mass is 258 g/mol. The highest BCUT2D eigenvalue weighted by Gasteiger charge is 2.13. The van der Waals surface area contributed by atoms with E-state index in [0.717, 1.165) is 11.1 Å². The molecule has 18 heavy (non-hydrogen) atoms. The van der Waals surface area contributed by atoms with Gasteiger partial charge in [0.15, 0.2) is 0 Å². The van der Waals surface area contributed by atoms with Gasteiger partial charge < -0.3 is 4.74 Å². The van der Waals surface area contributed by atoms with Crippen LogP contribution in [0, 0.1) is 0 Å². The van der Waals surface area contributed by atoms with Crippen molar-refractivity contribution >= 4 is 5.91 Å². The van der Waals surface area contributed by atoms with Crippen LogP contribution in [0.2, 0.25) is 0 Å². The molecule has 1 atom stereocenters. The Bertz CT molecular complexity index is 382. The van der Waals surface area contributed by atoms with E-state index in [1.165, 1.54) is 0 Å². The van der Waals surface area contributed by atoms with Gasteiger partial charge in [0.05, 0.1) is 12.5 Å². The lowest BCUT2D eigenvalue weighted by Crippen LogP contribution is -2.33. The number of carbonyl (C=O) groups is 1. The molecule has 3 N–H and O–H groups in total. The van der Waals surface area contributed by atoms with Gasteiger partial charge in [0, 0.05) is 0 Å². The minimum atomic E-state index is -2.46. The maximum atomic E-state index is 11.9. The largest absolute Gasteiger partial charge is 0.371 e. The zero-order chi connectivity index (χ0) is 13.5. The van der Waals surface area contributed by atoms with E-state index >= 15 is 0 Å². The van der Waals surface area contributed by atoms with Crippen LogP contribution < -0.4 is 11.3 Å². The molecule has 0 radical (unpaired) electrons. The van der Waals surface area contributed by atoms with Crippen LogP contribution in [0.5, 0.6) is 0 Å². The Kier molecular flexibility index (Phi) is 5.67. The van der Waals surface area contributed by atoms with E-state index < -0.39 is 13.0 Å². The number of hydrogen-bond donors (Lipinski definition) is 2. The number of halogens is 2. The molecule has 1 rings (SSSR count). The third-order valence-corrected chi connectivity index (χ3v) is 2.53. The third kappa shape index (κ3) is 4.38. The van der Waals surface area contributed by atoms with E-state index in [4.69, 9.17) is 10.6 Å². The molecule has 0 aliphatic carbocycles. The van der Waals surface area contributed by atoms with E-state index in [2.05, 4.69) is 5.43 Å². The summed E-state index contributed by atoms with van der Waals surface area (Å²) in [6, 6.07) is 6.98. The van der Waals surface area contributed by atoms with E-state index in [-0.39, 0.29) is 18.4 Å². The maximum Gasteiger partial charge on any atom is 0.261 e. The van der Waals surface area contributed by atoms with Crippen LogP contribution in [0.1, 0.15) is 24.0 Å². The molecule has 0 aliphatic rings. The number of hydrogen-bond acceptors (Lipinski definition) is 3. The predicted octanol–water partition coefficient (Wildman–Crippen LogP) is 1.56. The second kappa shape index (κ2) is 7.03. The fourth-order valence-corrected chi connectivity index (χ4v) is 1.44.